The normalized spacial score (nSPS) is 15.2. The highest BCUT2D eigenvalue weighted by molar-refractivity contribution is 7.89. The Hall–Kier alpha value is -1.95. The molecule has 3 rings (SSSR count). The monoisotopic (exact) mass is 290 g/mol. The molecule has 0 aliphatic heterocycles. The van der Waals surface area contributed by atoms with Crippen molar-refractivity contribution in [2.24, 2.45) is 0 Å². The fourth-order valence-electron chi connectivity index (χ4n) is 2.30. The Labute approximate surface area is 117 Å². The fraction of sp³-hybridized carbons (Fsp3) is 0.286. The van der Waals surface area contributed by atoms with Crippen molar-refractivity contribution in [3.63, 3.8) is 0 Å². The van der Waals surface area contributed by atoms with Crippen LogP contribution in [0.1, 0.15) is 34.5 Å². The average Bonchev–Trinajstić information content (AvgIpc) is 2.85. The number of hydrogen-bond donors (Lipinski definition) is 0. The number of benzene rings is 1. The topological polar surface area (TPSA) is 69.0 Å². The molecule has 0 bridgehead atoms. The number of aryl methyl sites for hydroxylation is 2. The number of Topliss-reactive ketones (excluding diaryl/α,β-unsaturated/α-hetero) is 1. The summed E-state index contributed by atoms with van der Waals surface area (Å²) in [7, 11) is -3.72. The number of ketones is 1. The molecule has 0 saturated carbocycles. The highest BCUT2D eigenvalue weighted by atomic mass is 32.2. The van der Waals surface area contributed by atoms with Gasteiger partial charge in [0, 0.05) is 6.42 Å². The highest BCUT2D eigenvalue weighted by Gasteiger charge is 2.25. The van der Waals surface area contributed by atoms with E-state index < -0.39 is 10.0 Å². The zero-order valence-corrected chi connectivity index (χ0v) is 11.9. The van der Waals surface area contributed by atoms with Gasteiger partial charge in [0.15, 0.2) is 5.78 Å². The van der Waals surface area contributed by atoms with E-state index in [1.54, 1.807) is 24.3 Å². The van der Waals surface area contributed by atoms with Gasteiger partial charge < -0.3 is 0 Å². The summed E-state index contributed by atoms with van der Waals surface area (Å²) in [5.74, 6) is -0.0309. The van der Waals surface area contributed by atoms with Crippen LogP contribution in [0.25, 0.3) is 0 Å². The number of nitrogens with zero attached hydrogens (tertiary/aromatic N) is 2. The molecule has 6 heteroatoms. The van der Waals surface area contributed by atoms with Gasteiger partial charge in [0.05, 0.1) is 22.3 Å². The Bertz CT molecular complexity index is 773. The average molecular weight is 290 g/mol. The minimum absolute atomic E-state index is 0.0309. The van der Waals surface area contributed by atoms with E-state index in [9.17, 15) is 13.2 Å². The molecular weight excluding hydrogens is 276 g/mol. The molecule has 0 N–H and O–H groups in total. The summed E-state index contributed by atoms with van der Waals surface area (Å²) < 4.78 is 25.8. The van der Waals surface area contributed by atoms with Crippen molar-refractivity contribution >= 4 is 15.8 Å². The molecule has 1 heterocycles. The van der Waals surface area contributed by atoms with Crippen LogP contribution in [-0.4, -0.2) is 23.4 Å². The maximum Gasteiger partial charge on any atom is 0.282 e. The SMILES string of the molecule is Cc1ccc(S(=O)(=O)n2cc3c(n2)CCCC3=O)cc1. The molecule has 0 unspecified atom stereocenters. The predicted octanol–water partition coefficient (Wildman–Crippen LogP) is 1.95. The van der Waals surface area contributed by atoms with Crippen molar-refractivity contribution in [2.75, 3.05) is 0 Å². The van der Waals surface area contributed by atoms with E-state index in [2.05, 4.69) is 5.10 Å². The zero-order chi connectivity index (χ0) is 14.3. The number of carbonyl (C=O) groups excluding carboxylic acids is 1. The van der Waals surface area contributed by atoms with Crippen molar-refractivity contribution in [1.82, 2.24) is 9.19 Å². The van der Waals surface area contributed by atoms with Gasteiger partial charge in [-0.3, -0.25) is 4.79 Å². The van der Waals surface area contributed by atoms with Crippen molar-refractivity contribution < 1.29 is 13.2 Å². The van der Waals surface area contributed by atoms with Crippen LogP contribution in [0.4, 0.5) is 0 Å². The van der Waals surface area contributed by atoms with Crippen molar-refractivity contribution in [3.8, 4) is 0 Å². The third-order valence-corrected chi connectivity index (χ3v) is 5.00. The Morgan fingerprint density at radius 1 is 1.15 bits per heavy atom. The molecule has 0 saturated heterocycles. The van der Waals surface area contributed by atoms with Gasteiger partial charge in [0.25, 0.3) is 10.0 Å². The molecule has 0 atom stereocenters. The minimum atomic E-state index is -3.72. The summed E-state index contributed by atoms with van der Waals surface area (Å²) in [4.78, 5) is 11.9. The number of rotatable bonds is 2. The Morgan fingerprint density at radius 3 is 2.50 bits per heavy atom. The molecule has 1 aromatic carbocycles. The Kier molecular flexibility index (Phi) is 2.97. The second-order valence-corrected chi connectivity index (χ2v) is 6.75. The molecule has 1 aliphatic rings. The van der Waals surface area contributed by atoms with Gasteiger partial charge in [-0.1, -0.05) is 17.7 Å². The molecular formula is C14H14N2O3S. The van der Waals surface area contributed by atoms with Crippen LogP contribution in [0.5, 0.6) is 0 Å². The Balaban J connectivity index is 2.08. The van der Waals surface area contributed by atoms with Gasteiger partial charge in [-0.15, -0.1) is 0 Å². The van der Waals surface area contributed by atoms with E-state index in [4.69, 9.17) is 0 Å². The van der Waals surface area contributed by atoms with Gasteiger partial charge in [0.2, 0.25) is 0 Å². The van der Waals surface area contributed by atoms with Crippen LogP contribution in [0.2, 0.25) is 0 Å². The predicted molar refractivity (Wildman–Crippen MR) is 73.3 cm³/mol. The molecule has 0 spiro atoms. The standard InChI is InChI=1S/C14H14N2O3S/c1-10-5-7-11(8-6-10)20(18,19)16-9-12-13(15-16)3-2-4-14(12)17/h5-9H,2-4H2,1H3. The summed E-state index contributed by atoms with van der Waals surface area (Å²) in [5.41, 5.74) is 2.00. The first-order valence-electron chi connectivity index (χ1n) is 6.42. The maximum atomic E-state index is 12.5. The van der Waals surface area contributed by atoms with Gasteiger partial charge in [0.1, 0.15) is 0 Å². The summed E-state index contributed by atoms with van der Waals surface area (Å²) in [5, 5.41) is 4.08. The number of hydrogen-bond acceptors (Lipinski definition) is 4. The second-order valence-electron chi connectivity index (χ2n) is 4.96. The van der Waals surface area contributed by atoms with E-state index >= 15 is 0 Å². The van der Waals surface area contributed by atoms with Crippen LogP contribution in [0.3, 0.4) is 0 Å². The van der Waals surface area contributed by atoms with Gasteiger partial charge in [-0.05, 0) is 31.9 Å². The van der Waals surface area contributed by atoms with Gasteiger partial charge >= 0.3 is 0 Å². The van der Waals surface area contributed by atoms with Crippen LogP contribution in [0, 0.1) is 6.92 Å². The van der Waals surface area contributed by atoms with E-state index in [1.165, 1.54) is 6.20 Å². The van der Waals surface area contributed by atoms with Crippen LogP contribution in [-0.2, 0) is 16.4 Å². The summed E-state index contributed by atoms with van der Waals surface area (Å²) in [6.07, 6.45) is 3.18. The molecule has 2 aromatic rings. The lowest BCUT2D eigenvalue weighted by Gasteiger charge is -2.06. The van der Waals surface area contributed by atoms with Crippen LogP contribution >= 0.6 is 0 Å². The van der Waals surface area contributed by atoms with Crippen molar-refractivity contribution in [3.05, 3.63) is 47.3 Å². The summed E-state index contributed by atoms with van der Waals surface area (Å²) in [6, 6.07) is 6.57. The zero-order valence-electron chi connectivity index (χ0n) is 11.0. The van der Waals surface area contributed by atoms with E-state index in [0.29, 0.717) is 24.1 Å². The van der Waals surface area contributed by atoms with Crippen LogP contribution < -0.4 is 0 Å². The fourth-order valence-corrected chi connectivity index (χ4v) is 3.44. The van der Waals surface area contributed by atoms with Gasteiger partial charge in [-0.25, -0.2) is 0 Å². The van der Waals surface area contributed by atoms with E-state index in [-0.39, 0.29) is 10.7 Å². The second kappa shape index (κ2) is 4.56. The molecule has 104 valence electrons. The van der Waals surface area contributed by atoms with Crippen LogP contribution in [0.15, 0.2) is 35.4 Å². The molecule has 0 fully saturated rings. The highest BCUT2D eigenvalue weighted by Crippen LogP contribution is 2.22. The van der Waals surface area contributed by atoms with Crippen molar-refractivity contribution in [1.29, 1.82) is 0 Å². The lowest BCUT2D eigenvalue weighted by Crippen LogP contribution is -2.13. The number of aromatic nitrogens is 2. The van der Waals surface area contributed by atoms with E-state index in [0.717, 1.165) is 16.1 Å². The molecule has 1 aliphatic carbocycles. The minimum Gasteiger partial charge on any atom is -0.294 e. The van der Waals surface area contributed by atoms with Crippen molar-refractivity contribution in [2.45, 2.75) is 31.1 Å². The first-order valence-corrected chi connectivity index (χ1v) is 7.86. The first-order chi connectivity index (χ1) is 9.48. The molecule has 0 amide bonds. The maximum absolute atomic E-state index is 12.5. The molecule has 5 nitrogen and oxygen atoms in total. The lowest BCUT2D eigenvalue weighted by atomic mass is 9.97. The van der Waals surface area contributed by atoms with Gasteiger partial charge in [-0.2, -0.15) is 17.6 Å². The smallest absolute Gasteiger partial charge is 0.282 e. The summed E-state index contributed by atoms with van der Waals surface area (Å²) >= 11 is 0. The number of fused-ring (bicyclic) bond motifs is 1. The Morgan fingerprint density at radius 2 is 1.85 bits per heavy atom. The quantitative estimate of drug-likeness (QED) is 0.847. The third-order valence-electron chi connectivity index (χ3n) is 3.45. The first kappa shape index (κ1) is 13.1. The molecule has 0 radical (unpaired) electrons. The van der Waals surface area contributed by atoms with E-state index in [1.807, 2.05) is 6.92 Å². The summed E-state index contributed by atoms with van der Waals surface area (Å²) in [6.45, 7) is 1.89. The number of carbonyl (C=O) groups is 1. The molecule has 20 heavy (non-hydrogen) atoms. The molecule has 1 aromatic heterocycles. The largest absolute Gasteiger partial charge is 0.294 e. The lowest BCUT2D eigenvalue weighted by molar-refractivity contribution is 0.0972. The third kappa shape index (κ3) is 2.06.